The van der Waals surface area contributed by atoms with Crippen molar-refractivity contribution in [3.05, 3.63) is 35.9 Å². The van der Waals surface area contributed by atoms with Crippen LogP contribution in [0.4, 0.5) is 0 Å². The standard InChI is InChI=1S/C7H8O.C4H9NO2.ClH/c8-6-7-4-2-1-3-5-7;5-3-1-2-4(6)7;/h1-5,8H,6H2;1-3,5H2,(H,6,7);1H. The largest absolute Gasteiger partial charge is 0.481 e. The van der Waals surface area contributed by atoms with Gasteiger partial charge in [-0.1, -0.05) is 30.3 Å². The van der Waals surface area contributed by atoms with Gasteiger partial charge in [-0.2, -0.15) is 0 Å². The third-order valence-corrected chi connectivity index (χ3v) is 1.62. The van der Waals surface area contributed by atoms with E-state index >= 15 is 0 Å². The van der Waals surface area contributed by atoms with Crippen molar-refractivity contribution < 1.29 is 15.0 Å². The Balaban J connectivity index is 0. The summed E-state index contributed by atoms with van der Waals surface area (Å²) in [7, 11) is 0. The van der Waals surface area contributed by atoms with Gasteiger partial charge in [0.15, 0.2) is 0 Å². The number of aliphatic carboxylic acids is 1. The first-order valence-electron chi connectivity index (χ1n) is 4.77. The van der Waals surface area contributed by atoms with Gasteiger partial charge in [0.2, 0.25) is 0 Å². The Hall–Kier alpha value is -1.10. The summed E-state index contributed by atoms with van der Waals surface area (Å²) in [6.07, 6.45) is 0.770. The van der Waals surface area contributed by atoms with Crippen LogP contribution in [0.25, 0.3) is 0 Å². The van der Waals surface area contributed by atoms with Crippen LogP contribution in [0.2, 0.25) is 0 Å². The van der Waals surface area contributed by atoms with Crippen LogP contribution < -0.4 is 5.73 Å². The number of aliphatic hydroxyl groups is 1. The summed E-state index contributed by atoms with van der Waals surface area (Å²) < 4.78 is 0. The molecule has 4 N–H and O–H groups in total. The minimum atomic E-state index is -0.773. The summed E-state index contributed by atoms with van der Waals surface area (Å²) in [5, 5.41) is 16.5. The molecular weight excluding hydrogens is 230 g/mol. The average Bonchev–Trinajstić information content (AvgIpc) is 2.28. The molecule has 0 unspecified atom stereocenters. The lowest BCUT2D eigenvalue weighted by Gasteiger charge is -1.89. The van der Waals surface area contributed by atoms with Crippen LogP contribution in [0.1, 0.15) is 18.4 Å². The quantitative estimate of drug-likeness (QED) is 0.751. The van der Waals surface area contributed by atoms with Gasteiger partial charge < -0.3 is 15.9 Å². The SMILES string of the molecule is Cl.NCCCC(=O)O.OCc1ccccc1. The van der Waals surface area contributed by atoms with E-state index in [1.54, 1.807) is 0 Å². The number of benzene rings is 1. The molecule has 16 heavy (non-hydrogen) atoms. The summed E-state index contributed by atoms with van der Waals surface area (Å²) in [6.45, 7) is 0.604. The molecule has 5 heteroatoms. The molecule has 0 heterocycles. The molecule has 0 radical (unpaired) electrons. The molecule has 0 atom stereocenters. The van der Waals surface area contributed by atoms with Crippen molar-refractivity contribution >= 4 is 18.4 Å². The van der Waals surface area contributed by atoms with Gasteiger partial charge >= 0.3 is 5.97 Å². The number of carbonyl (C=O) groups is 1. The maximum Gasteiger partial charge on any atom is 0.303 e. The number of aliphatic hydroxyl groups excluding tert-OH is 1. The lowest BCUT2D eigenvalue weighted by molar-refractivity contribution is -0.137. The highest BCUT2D eigenvalue weighted by Gasteiger charge is 1.91. The number of halogens is 1. The zero-order valence-corrected chi connectivity index (χ0v) is 9.82. The Bertz CT molecular complexity index is 267. The first-order valence-corrected chi connectivity index (χ1v) is 4.77. The van der Waals surface area contributed by atoms with Gasteiger partial charge in [-0.25, -0.2) is 0 Å². The molecule has 1 rings (SSSR count). The van der Waals surface area contributed by atoms with Gasteiger partial charge in [0.1, 0.15) is 0 Å². The molecule has 0 aromatic heterocycles. The van der Waals surface area contributed by atoms with E-state index in [1.165, 1.54) is 0 Å². The highest BCUT2D eigenvalue weighted by atomic mass is 35.5. The summed E-state index contributed by atoms with van der Waals surface area (Å²) in [5.74, 6) is -0.773. The van der Waals surface area contributed by atoms with Crippen molar-refractivity contribution in [3.63, 3.8) is 0 Å². The molecule has 0 amide bonds. The van der Waals surface area contributed by atoms with E-state index in [-0.39, 0.29) is 25.4 Å². The molecule has 0 saturated heterocycles. The second-order valence-electron chi connectivity index (χ2n) is 2.93. The monoisotopic (exact) mass is 247 g/mol. The lowest BCUT2D eigenvalue weighted by Crippen LogP contribution is -2.02. The summed E-state index contributed by atoms with van der Waals surface area (Å²) in [4.78, 5) is 9.70. The van der Waals surface area contributed by atoms with E-state index in [0.29, 0.717) is 13.0 Å². The van der Waals surface area contributed by atoms with Crippen molar-refractivity contribution in [3.8, 4) is 0 Å². The second kappa shape index (κ2) is 12.0. The van der Waals surface area contributed by atoms with Gasteiger partial charge in [-0.15, -0.1) is 12.4 Å². The first kappa shape index (κ1) is 17.3. The Morgan fingerprint density at radius 3 is 2.06 bits per heavy atom. The van der Waals surface area contributed by atoms with Crippen molar-refractivity contribution in [2.45, 2.75) is 19.4 Å². The predicted molar refractivity (Wildman–Crippen MR) is 65.5 cm³/mol. The van der Waals surface area contributed by atoms with Gasteiger partial charge in [0.25, 0.3) is 0 Å². The van der Waals surface area contributed by atoms with Crippen LogP contribution in [0.3, 0.4) is 0 Å². The first-order chi connectivity index (χ1) is 7.20. The molecule has 1 aromatic rings. The van der Waals surface area contributed by atoms with Crippen molar-refractivity contribution in [1.29, 1.82) is 0 Å². The van der Waals surface area contributed by atoms with E-state index in [9.17, 15) is 4.79 Å². The van der Waals surface area contributed by atoms with Gasteiger partial charge in [0, 0.05) is 6.42 Å². The highest BCUT2D eigenvalue weighted by Crippen LogP contribution is 1.95. The van der Waals surface area contributed by atoms with E-state index in [2.05, 4.69) is 0 Å². The summed E-state index contributed by atoms with van der Waals surface area (Å²) in [6, 6.07) is 9.52. The molecule has 92 valence electrons. The van der Waals surface area contributed by atoms with Crippen LogP contribution in [-0.2, 0) is 11.4 Å². The molecule has 0 spiro atoms. The van der Waals surface area contributed by atoms with Crippen molar-refractivity contribution in [2.75, 3.05) is 6.54 Å². The Kier molecular flexibility index (Phi) is 12.9. The molecule has 1 aromatic carbocycles. The Labute approximate surface area is 102 Å². The number of hydrogen-bond donors (Lipinski definition) is 3. The Morgan fingerprint density at radius 2 is 1.81 bits per heavy atom. The normalized spacial score (nSPS) is 8.38. The molecule has 0 fully saturated rings. The van der Waals surface area contributed by atoms with E-state index in [4.69, 9.17) is 15.9 Å². The van der Waals surface area contributed by atoms with E-state index in [1.807, 2.05) is 30.3 Å². The van der Waals surface area contributed by atoms with E-state index in [0.717, 1.165) is 5.56 Å². The van der Waals surface area contributed by atoms with E-state index < -0.39 is 5.97 Å². The molecule has 4 nitrogen and oxygen atoms in total. The van der Waals surface area contributed by atoms with Crippen LogP contribution in [0.5, 0.6) is 0 Å². The zero-order chi connectivity index (χ0) is 11.5. The molecular formula is C11H18ClNO3. The fraction of sp³-hybridized carbons (Fsp3) is 0.364. The average molecular weight is 248 g/mol. The number of hydrogen-bond acceptors (Lipinski definition) is 3. The Morgan fingerprint density at radius 1 is 1.25 bits per heavy atom. The van der Waals surface area contributed by atoms with Crippen LogP contribution in [-0.4, -0.2) is 22.7 Å². The zero-order valence-electron chi connectivity index (χ0n) is 9.00. The molecule has 0 aliphatic heterocycles. The van der Waals surface area contributed by atoms with Crippen molar-refractivity contribution in [2.24, 2.45) is 5.73 Å². The number of nitrogens with two attached hydrogens (primary N) is 1. The van der Waals surface area contributed by atoms with Crippen molar-refractivity contribution in [1.82, 2.24) is 0 Å². The minimum absolute atomic E-state index is 0. The fourth-order valence-electron chi connectivity index (χ4n) is 0.837. The number of rotatable bonds is 4. The predicted octanol–water partition coefficient (Wildman–Crippen LogP) is 1.41. The molecule has 0 saturated carbocycles. The molecule has 0 aliphatic carbocycles. The fourth-order valence-corrected chi connectivity index (χ4v) is 0.837. The smallest absolute Gasteiger partial charge is 0.303 e. The van der Waals surface area contributed by atoms with Gasteiger partial charge in [-0.3, -0.25) is 4.79 Å². The third-order valence-electron chi connectivity index (χ3n) is 1.62. The second-order valence-corrected chi connectivity index (χ2v) is 2.93. The van der Waals surface area contributed by atoms with Crippen LogP contribution >= 0.6 is 12.4 Å². The third kappa shape index (κ3) is 11.0. The summed E-state index contributed by atoms with van der Waals surface area (Å²) >= 11 is 0. The molecule has 0 bridgehead atoms. The van der Waals surface area contributed by atoms with Gasteiger partial charge in [0.05, 0.1) is 6.61 Å². The summed E-state index contributed by atoms with van der Waals surface area (Å²) in [5.41, 5.74) is 5.98. The molecule has 0 aliphatic rings. The number of carboxylic acid groups (broad SMARTS) is 1. The highest BCUT2D eigenvalue weighted by molar-refractivity contribution is 5.85. The van der Waals surface area contributed by atoms with Crippen LogP contribution in [0, 0.1) is 0 Å². The lowest BCUT2D eigenvalue weighted by atomic mass is 10.2. The van der Waals surface area contributed by atoms with Crippen LogP contribution in [0.15, 0.2) is 30.3 Å². The maximum atomic E-state index is 9.70. The maximum absolute atomic E-state index is 9.70. The number of carboxylic acids is 1. The van der Waals surface area contributed by atoms with Gasteiger partial charge in [-0.05, 0) is 18.5 Å². The topological polar surface area (TPSA) is 83.6 Å². The minimum Gasteiger partial charge on any atom is -0.481 e.